The smallest absolute Gasteiger partial charge is 0.271 e. The van der Waals surface area contributed by atoms with Crippen LogP contribution in [0.15, 0.2) is 84.0 Å². The quantitative estimate of drug-likeness (QED) is 0.549. The number of para-hydroxylation sites is 1. The number of amides is 1. The highest BCUT2D eigenvalue weighted by atomic mass is 32.1. The minimum Gasteiger partial charge on any atom is -0.318 e. The first kappa shape index (κ1) is 16.3. The summed E-state index contributed by atoms with van der Waals surface area (Å²) in [5.41, 5.74) is 6.53. The van der Waals surface area contributed by atoms with Gasteiger partial charge in [-0.25, -0.2) is 5.43 Å². The zero-order valence-electron chi connectivity index (χ0n) is 14.2. The number of fused-ring (bicyclic) bond motifs is 1. The van der Waals surface area contributed by atoms with Gasteiger partial charge in [0.05, 0.1) is 10.2 Å². The lowest BCUT2D eigenvalue weighted by Crippen LogP contribution is -2.23. The summed E-state index contributed by atoms with van der Waals surface area (Å²) in [4.78, 5) is 13.1. The van der Waals surface area contributed by atoms with Gasteiger partial charge in [-0.15, -0.1) is 5.10 Å². The first-order chi connectivity index (χ1) is 12.7. The van der Waals surface area contributed by atoms with Gasteiger partial charge in [0.25, 0.3) is 5.91 Å². The van der Waals surface area contributed by atoms with Gasteiger partial charge in [-0.2, -0.15) is 0 Å². The molecule has 0 aliphatic rings. The summed E-state index contributed by atoms with van der Waals surface area (Å²) in [5, 5.41) is 4.28. The Labute approximate surface area is 155 Å². The lowest BCUT2D eigenvalue weighted by Gasteiger charge is -2.03. The van der Waals surface area contributed by atoms with Gasteiger partial charge in [0.1, 0.15) is 0 Å². The van der Waals surface area contributed by atoms with Crippen molar-refractivity contribution in [2.45, 2.75) is 0 Å². The van der Waals surface area contributed by atoms with E-state index in [-0.39, 0.29) is 5.91 Å². The fourth-order valence-corrected chi connectivity index (χ4v) is 3.78. The minimum absolute atomic E-state index is 0.220. The van der Waals surface area contributed by atoms with E-state index in [9.17, 15) is 4.79 Å². The van der Waals surface area contributed by atoms with Crippen molar-refractivity contribution in [1.29, 1.82) is 0 Å². The molecule has 0 radical (unpaired) electrons. The summed E-state index contributed by atoms with van der Waals surface area (Å²) < 4.78 is 3.11. The van der Waals surface area contributed by atoms with E-state index in [1.54, 1.807) is 11.3 Å². The van der Waals surface area contributed by atoms with Gasteiger partial charge in [-0.3, -0.25) is 4.79 Å². The zero-order chi connectivity index (χ0) is 17.9. The maximum Gasteiger partial charge on any atom is 0.271 e. The van der Waals surface area contributed by atoms with Gasteiger partial charge < -0.3 is 4.57 Å². The van der Waals surface area contributed by atoms with Crippen molar-refractivity contribution in [3.05, 3.63) is 89.2 Å². The molecule has 26 heavy (non-hydrogen) atoms. The highest BCUT2D eigenvalue weighted by molar-refractivity contribution is 7.16. The Balaban J connectivity index is 1.55. The third-order valence-electron chi connectivity index (χ3n) is 4.22. The fraction of sp³-hybridized carbons (Fsp3) is 0.0476. The average molecular weight is 359 g/mol. The molecule has 0 atom stereocenters. The third kappa shape index (κ3) is 3.17. The minimum atomic E-state index is -0.220. The molecule has 1 heterocycles. The molecule has 0 saturated heterocycles. The predicted octanol–water partition coefficient (Wildman–Crippen LogP) is 4.15. The molecule has 0 aliphatic carbocycles. The van der Waals surface area contributed by atoms with E-state index >= 15 is 0 Å². The van der Waals surface area contributed by atoms with Crippen molar-refractivity contribution in [1.82, 2.24) is 9.99 Å². The first-order valence-corrected chi connectivity index (χ1v) is 9.08. The van der Waals surface area contributed by atoms with Crippen LogP contribution in [0.3, 0.4) is 0 Å². The summed E-state index contributed by atoms with van der Waals surface area (Å²) in [7, 11) is 1.94. The van der Waals surface area contributed by atoms with E-state index in [0.717, 1.165) is 26.1 Å². The highest BCUT2D eigenvalue weighted by Gasteiger charge is 2.06. The third-order valence-corrected chi connectivity index (χ3v) is 5.33. The second-order valence-corrected chi connectivity index (χ2v) is 6.92. The Hall–Kier alpha value is -3.18. The van der Waals surface area contributed by atoms with Gasteiger partial charge >= 0.3 is 0 Å². The Morgan fingerprint density at radius 3 is 2.27 bits per heavy atom. The summed E-state index contributed by atoms with van der Waals surface area (Å²) in [6, 6.07) is 25.7. The second-order valence-electron chi connectivity index (χ2n) is 5.91. The van der Waals surface area contributed by atoms with Crippen molar-refractivity contribution in [3.8, 4) is 11.1 Å². The normalized spacial score (nSPS) is 11.7. The van der Waals surface area contributed by atoms with E-state index < -0.39 is 0 Å². The van der Waals surface area contributed by atoms with Gasteiger partial charge in [-0.1, -0.05) is 65.9 Å². The molecule has 1 aromatic heterocycles. The SMILES string of the molecule is Cn1c(=NNC(=O)c2ccc(-c3ccccc3)cc2)sc2ccccc21. The Morgan fingerprint density at radius 2 is 1.54 bits per heavy atom. The molecule has 128 valence electrons. The van der Waals surface area contributed by atoms with Crippen molar-refractivity contribution in [2.75, 3.05) is 0 Å². The van der Waals surface area contributed by atoms with E-state index in [0.29, 0.717) is 5.56 Å². The summed E-state index contributed by atoms with van der Waals surface area (Å²) in [5.74, 6) is -0.220. The lowest BCUT2D eigenvalue weighted by atomic mass is 10.0. The van der Waals surface area contributed by atoms with Crippen LogP contribution in [0.2, 0.25) is 0 Å². The number of hydrogen-bond donors (Lipinski definition) is 1. The summed E-state index contributed by atoms with van der Waals surface area (Å²) >= 11 is 1.54. The zero-order valence-corrected chi connectivity index (χ0v) is 15.0. The van der Waals surface area contributed by atoms with Crippen LogP contribution in [-0.2, 0) is 7.05 Å². The van der Waals surface area contributed by atoms with Crippen LogP contribution in [-0.4, -0.2) is 10.5 Å². The predicted molar refractivity (Wildman–Crippen MR) is 106 cm³/mol. The number of hydrogen-bond acceptors (Lipinski definition) is 3. The molecule has 0 bridgehead atoms. The van der Waals surface area contributed by atoms with Crippen molar-refractivity contribution in [3.63, 3.8) is 0 Å². The van der Waals surface area contributed by atoms with Gasteiger partial charge in [0, 0.05) is 12.6 Å². The van der Waals surface area contributed by atoms with Crippen molar-refractivity contribution < 1.29 is 4.79 Å². The molecule has 0 fully saturated rings. The molecule has 0 unspecified atom stereocenters. The van der Waals surface area contributed by atoms with Gasteiger partial charge in [-0.05, 0) is 35.4 Å². The standard InChI is InChI=1S/C21H17N3OS/c1-24-18-9-5-6-10-19(18)26-21(24)23-22-20(25)17-13-11-16(12-14-17)15-7-3-2-4-8-15/h2-14H,1H3,(H,22,25). The molecule has 0 aliphatic heterocycles. The topological polar surface area (TPSA) is 46.4 Å². The Kier molecular flexibility index (Phi) is 4.37. The number of rotatable bonds is 3. The number of nitrogens with zero attached hydrogens (tertiary/aromatic N) is 2. The first-order valence-electron chi connectivity index (χ1n) is 8.26. The second kappa shape index (κ2) is 6.98. The van der Waals surface area contributed by atoms with Crippen LogP contribution in [0, 0.1) is 0 Å². The summed E-state index contributed by atoms with van der Waals surface area (Å²) in [6.45, 7) is 0. The molecular formula is C21H17N3OS. The molecule has 0 spiro atoms. The number of nitrogens with one attached hydrogen (secondary N) is 1. The van der Waals surface area contributed by atoms with E-state index in [1.165, 1.54) is 0 Å². The largest absolute Gasteiger partial charge is 0.318 e. The fourth-order valence-electron chi connectivity index (χ4n) is 2.80. The molecule has 4 nitrogen and oxygen atoms in total. The number of benzene rings is 3. The highest BCUT2D eigenvalue weighted by Crippen LogP contribution is 2.19. The van der Waals surface area contributed by atoms with Gasteiger partial charge in [0.15, 0.2) is 0 Å². The molecule has 5 heteroatoms. The van der Waals surface area contributed by atoms with E-state index in [1.807, 2.05) is 90.5 Å². The van der Waals surface area contributed by atoms with Crippen molar-refractivity contribution in [2.24, 2.45) is 12.1 Å². The van der Waals surface area contributed by atoms with Gasteiger partial charge in [0.2, 0.25) is 4.80 Å². The molecule has 4 aromatic rings. The molecule has 0 saturated carbocycles. The molecule has 3 aromatic carbocycles. The van der Waals surface area contributed by atoms with Crippen LogP contribution in [0.25, 0.3) is 21.3 Å². The van der Waals surface area contributed by atoms with Crippen LogP contribution in [0.4, 0.5) is 0 Å². The van der Waals surface area contributed by atoms with Crippen LogP contribution in [0.5, 0.6) is 0 Å². The Bertz CT molecular complexity index is 1130. The Morgan fingerprint density at radius 1 is 0.885 bits per heavy atom. The van der Waals surface area contributed by atoms with Crippen LogP contribution >= 0.6 is 11.3 Å². The molecular weight excluding hydrogens is 342 g/mol. The average Bonchev–Trinajstić information content (AvgIpc) is 3.03. The van der Waals surface area contributed by atoms with E-state index in [4.69, 9.17) is 0 Å². The molecule has 1 amide bonds. The lowest BCUT2D eigenvalue weighted by molar-refractivity contribution is 0.0953. The van der Waals surface area contributed by atoms with Crippen LogP contribution < -0.4 is 10.2 Å². The van der Waals surface area contributed by atoms with Crippen LogP contribution in [0.1, 0.15) is 10.4 Å². The van der Waals surface area contributed by atoms with Crippen molar-refractivity contribution >= 4 is 27.5 Å². The monoisotopic (exact) mass is 359 g/mol. The molecule has 1 N–H and O–H groups in total. The van der Waals surface area contributed by atoms with E-state index in [2.05, 4.69) is 10.5 Å². The number of aromatic nitrogens is 1. The maximum atomic E-state index is 12.4. The number of carbonyl (C=O) groups is 1. The number of thiazole rings is 1. The maximum absolute atomic E-state index is 12.4. The number of aryl methyl sites for hydroxylation is 1. The number of carbonyl (C=O) groups excluding carboxylic acids is 1. The summed E-state index contributed by atoms with van der Waals surface area (Å²) in [6.07, 6.45) is 0. The molecule has 4 rings (SSSR count).